The summed E-state index contributed by atoms with van der Waals surface area (Å²) in [5.41, 5.74) is 1.78. The predicted octanol–water partition coefficient (Wildman–Crippen LogP) is -0.299. The molecule has 0 atom stereocenters. The lowest BCUT2D eigenvalue weighted by atomic mass is 10.2. The highest BCUT2D eigenvalue weighted by Gasteiger charge is 2.09. The first-order valence-electron chi connectivity index (χ1n) is 3.18. The molecule has 1 rings (SSSR count). The van der Waals surface area contributed by atoms with Crippen molar-refractivity contribution in [2.45, 2.75) is 0 Å². The number of nitrogen functional groups attached to an aromatic ring is 1. The molecule has 0 bridgehead atoms. The normalized spacial score (nSPS) is 9.42. The van der Waals surface area contributed by atoms with Crippen molar-refractivity contribution in [1.82, 2.24) is 5.43 Å². The van der Waals surface area contributed by atoms with Crippen LogP contribution < -0.4 is 11.3 Å². The quantitative estimate of drug-likeness (QED) is 0.200. The maximum absolute atomic E-state index is 10.9. The number of benzene rings is 1. The Morgan fingerprint density at radius 2 is 2.08 bits per heavy atom. The Bertz CT molecular complexity index is 312. The van der Waals surface area contributed by atoms with Gasteiger partial charge in [0.1, 0.15) is 11.5 Å². The molecule has 1 aromatic carbocycles. The number of rotatable bonds is 1. The van der Waals surface area contributed by atoms with Crippen molar-refractivity contribution in [2.75, 3.05) is 0 Å². The Balaban J connectivity index is 3.13. The van der Waals surface area contributed by atoms with Gasteiger partial charge in [-0.3, -0.25) is 10.2 Å². The summed E-state index contributed by atoms with van der Waals surface area (Å²) >= 11 is 0. The maximum atomic E-state index is 10.9. The third-order valence-electron chi connectivity index (χ3n) is 1.36. The summed E-state index contributed by atoms with van der Waals surface area (Å²) in [6, 6.07) is 3.60. The summed E-state index contributed by atoms with van der Waals surface area (Å²) in [5.74, 6) is 3.85. The average Bonchev–Trinajstić information content (AvgIpc) is 2.08. The van der Waals surface area contributed by atoms with E-state index < -0.39 is 5.91 Å². The SMILES string of the molecule is NNC(=O)c1cc(O)ccc1O. The van der Waals surface area contributed by atoms with Crippen LogP contribution in [0.4, 0.5) is 0 Å². The van der Waals surface area contributed by atoms with Gasteiger partial charge in [0, 0.05) is 0 Å². The molecule has 5 heteroatoms. The molecular weight excluding hydrogens is 160 g/mol. The minimum atomic E-state index is -0.650. The van der Waals surface area contributed by atoms with Crippen LogP contribution in [0.25, 0.3) is 0 Å². The number of carbonyl (C=O) groups excluding carboxylic acids is 1. The van der Waals surface area contributed by atoms with Gasteiger partial charge in [0.2, 0.25) is 0 Å². The zero-order valence-electron chi connectivity index (χ0n) is 6.11. The summed E-state index contributed by atoms with van der Waals surface area (Å²) < 4.78 is 0. The number of hydrogen-bond acceptors (Lipinski definition) is 4. The molecular formula is C7H8N2O3. The minimum Gasteiger partial charge on any atom is -0.508 e. The molecule has 0 heterocycles. The standard InChI is InChI=1S/C7H8N2O3/c8-9-7(12)5-3-4(10)1-2-6(5)11/h1-3,10-11H,8H2,(H,9,12). The van der Waals surface area contributed by atoms with Crippen molar-refractivity contribution in [1.29, 1.82) is 0 Å². The fourth-order valence-electron chi connectivity index (χ4n) is 0.784. The van der Waals surface area contributed by atoms with Crippen LogP contribution in [0.15, 0.2) is 18.2 Å². The van der Waals surface area contributed by atoms with E-state index in [1.807, 2.05) is 5.43 Å². The van der Waals surface area contributed by atoms with Gasteiger partial charge in [-0.15, -0.1) is 0 Å². The van der Waals surface area contributed by atoms with Gasteiger partial charge in [0.25, 0.3) is 5.91 Å². The van der Waals surface area contributed by atoms with Crippen molar-refractivity contribution in [3.63, 3.8) is 0 Å². The van der Waals surface area contributed by atoms with Gasteiger partial charge < -0.3 is 10.2 Å². The number of amides is 1. The fraction of sp³-hybridized carbons (Fsp3) is 0. The maximum Gasteiger partial charge on any atom is 0.269 e. The molecule has 1 amide bonds. The molecule has 0 aliphatic rings. The summed E-state index contributed by atoms with van der Waals surface area (Å²) in [7, 11) is 0. The number of phenolic OH excluding ortho intramolecular Hbond substituents is 2. The molecule has 0 spiro atoms. The number of hydrogen-bond donors (Lipinski definition) is 4. The van der Waals surface area contributed by atoms with Crippen molar-refractivity contribution >= 4 is 5.91 Å². The largest absolute Gasteiger partial charge is 0.508 e. The zero-order valence-corrected chi connectivity index (χ0v) is 6.11. The van der Waals surface area contributed by atoms with E-state index in [2.05, 4.69) is 0 Å². The van der Waals surface area contributed by atoms with Gasteiger partial charge in [-0.25, -0.2) is 5.84 Å². The van der Waals surface area contributed by atoms with Crippen LogP contribution in [0, 0.1) is 0 Å². The van der Waals surface area contributed by atoms with Gasteiger partial charge in [-0.2, -0.15) is 0 Å². The topological polar surface area (TPSA) is 95.6 Å². The van der Waals surface area contributed by atoms with Crippen molar-refractivity contribution in [3.05, 3.63) is 23.8 Å². The lowest BCUT2D eigenvalue weighted by Gasteiger charge is -2.02. The highest BCUT2D eigenvalue weighted by atomic mass is 16.3. The van der Waals surface area contributed by atoms with E-state index in [-0.39, 0.29) is 17.1 Å². The Hall–Kier alpha value is -1.75. The predicted molar refractivity (Wildman–Crippen MR) is 41.4 cm³/mol. The Morgan fingerprint density at radius 3 is 2.67 bits per heavy atom. The van der Waals surface area contributed by atoms with Crippen LogP contribution in [0.5, 0.6) is 11.5 Å². The van der Waals surface area contributed by atoms with Gasteiger partial charge in [-0.1, -0.05) is 0 Å². The number of aromatic hydroxyl groups is 2. The Kier molecular flexibility index (Phi) is 2.16. The molecule has 0 radical (unpaired) electrons. The number of carbonyl (C=O) groups is 1. The molecule has 0 saturated heterocycles. The molecule has 64 valence electrons. The first-order valence-corrected chi connectivity index (χ1v) is 3.18. The molecule has 0 aromatic heterocycles. The second-order valence-corrected chi connectivity index (χ2v) is 2.17. The Morgan fingerprint density at radius 1 is 1.42 bits per heavy atom. The Labute approximate surface area is 68.4 Å². The molecule has 0 aliphatic carbocycles. The third kappa shape index (κ3) is 1.46. The molecule has 5 nitrogen and oxygen atoms in total. The molecule has 0 aliphatic heterocycles. The summed E-state index contributed by atoms with van der Waals surface area (Å²) in [6.07, 6.45) is 0. The average molecular weight is 168 g/mol. The van der Waals surface area contributed by atoms with Gasteiger partial charge >= 0.3 is 0 Å². The van der Waals surface area contributed by atoms with E-state index in [1.54, 1.807) is 0 Å². The van der Waals surface area contributed by atoms with Crippen LogP contribution in [0.1, 0.15) is 10.4 Å². The first-order chi connectivity index (χ1) is 5.65. The molecule has 0 unspecified atom stereocenters. The fourth-order valence-corrected chi connectivity index (χ4v) is 0.784. The van der Waals surface area contributed by atoms with E-state index in [4.69, 9.17) is 16.1 Å². The van der Waals surface area contributed by atoms with Crippen LogP contribution in [0.2, 0.25) is 0 Å². The summed E-state index contributed by atoms with van der Waals surface area (Å²) in [5, 5.41) is 18.1. The summed E-state index contributed by atoms with van der Waals surface area (Å²) in [6.45, 7) is 0. The van der Waals surface area contributed by atoms with Crippen LogP contribution in [-0.4, -0.2) is 16.1 Å². The van der Waals surface area contributed by atoms with Gasteiger partial charge in [0.05, 0.1) is 5.56 Å². The van der Waals surface area contributed by atoms with E-state index in [1.165, 1.54) is 12.1 Å². The lowest BCUT2D eigenvalue weighted by molar-refractivity contribution is 0.0950. The van der Waals surface area contributed by atoms with Crippen molar-refractivity contribution in [2.24, 2.45) is 5.84 Å². The number of hydrazine groups is 1. The molecule has 0 saturated carbocycles. The third-order valence-corrected chi connectivity index (χ3v) is 1.36. The molecule has 12 heavy (non-hydrogen) atoms. The second-order valence-electron chi connectivity index (χ2n) is 2.17. The van der Waals surface area contributed by atoms with Gasteiger partial charge in [-0.05, 0) is 18.2 Å². The van der Waals surface area contributed by atoms with E-state index in [0.717, 1.165) is 6.07 Å². The highest BCUT2D eigenvalue weighted by molar-refractivity contribution is 5.96. The summed E-state index contributed by atoms with van der Waals surface area (Å²) in [4.78, 5) is 10.9. The van der Waals surface area contributed by atoms with Crippen LogP contribution in [0.3, 0.4) is 0 Å². The zero-order chi connectivity index (χ0) is 9.14. The molecule has 1 aromatic rings. The highest BCUT2D eigenvalue weighted by Crippen LogP contribution is 2.21. The smallest absolute Gasteiger partial charge is 0.269 e. The van der Waals surface area contributed by atoms with Crippen LogP contribution in [-0.2, 0) is 0 Å². The van der Waals surface area contributed by atoms with E-state index >= 15 is 0 Å². The number of nitrogens with two attached hydrogens (primary N) is 1. The molecule has 5 N–H and O–H groups in total. The van der Waals surface area contributed by atoms with Crippen molar-refractivity contribution in [3.8, 4) is 11.5 Å². The van der Waals surface area contributed by atoms with E-state index in [9.17, 15) is 4.79 Å². The van der Waals surface area contributed by atoms with E-state index in [0.29, 0.717) is 0 Å². The number of nitrogens with one attached hydrogen (secondary N) is 1. The lowest BCUT2D eigenvalue weighted by Crippen LogP contribution is -2.29. The second kappa shape index (κ2) is 3.10. The van der Waals surface area contributed by atoms with Crippen LogP contribution >= 0.6 is 0 Å². The van der Waals surface area contributed by atoms with Crippen molar-refractivity contribution < 1.29 is 15.0 Å². The number of phenols is 2. The monoisotopic (exact) mass is 168 g/mol. The molecule has 0 fully saturated rings. The minimum absolute atomic E-state index is 0.0579. The van der Waals surface area contributed by atoms with Gasteiger partial charge in [0.15, 0.2) is 0 Å². The first kappa shape index (κ1) is 8.35.